The minimum atomic E-state index is -0.883. The van der Waals surface area contributed by atoms with Crippen LogP contribution in [-0.2, 0) is 4.79 Å². The van der Waals surface area contributed by atoms with Gasteiger partial charge in [-0.3, -0.25) is 0 Å². The molecule has 4 heteroatoms. The van der Waals surface area contributed by atoms with Crippen molar-refractivity contribution in [2.24, 2.45) is 0 Å². The van der Waals surface area contributed by atoms with Gasteiger partial charge in [-0.15, -0.1) is 0 Å². The molecule has 0 aliphatic rings. The molecule has 0 radical (unpaired) electrons. The summed E-state index contributed by atoms with van der Waals surface area (Å²) in [5.74, 6) is -0.883. The van der Waals surface area contributed by atoms with Crippen molar-refractivity contribution in [3.05, 3.63) is 0 Å². The van der Waals surface area contributed by atoms with Crippen LogP contribution in [0, 0.1) is 10.2 Å². The summed E-state index contributed by atoms with van der Waals surface area (Å²) in [6.07, 6.45) is 0. The fourth-order valence-electron chi connectivity index (χ4n) is 0.129. The van der Waals surface area contributed by atoms with Crippen LogP contribution in [0.2, 0.25) is 4.82 Å². The van der Waals surface area contributed by atoms with Crippen LogP contribution in [0.4, 0.5) is 0 Å². The van der Waals surface area contributed by atoms with E-state index in [-0.39, 0.29) is 0 Å². The van der Waals surface area contributed by atoms with Crippen LogP contribution in [0.25, 0.3) is 0 Å². The van der Waals surface area contributed by atoms with E-state index in [1.807, 2.05) is 4.97 Å². The van der Waals surface area contributed by atoms with Gasteiger partial charge in [0.1, 0.15) is 0 Å². The van der Waals surface area contributed by atoms with E-state index in [2.05, 4.69) is 0 Å². The van der Waals surface area contributed by atoms with Crippen LogP contribution in [0.3, 0.4) is 0 Å². The maximum absolute atomic E-state index is 9.95. The van der Waals surface area contributed by atoms with Crippen molar-refractivity contribution >= 4 is 20.9 Å². The van der Waals surface area contributed by atoms with Crippen LogP contribution in [0.5, 0.6) is 0 Å². The first-order valence-electron chi connectivity index (χ1n) is 1.96. The average molecular weight is 178 g/mol. The van der Waals surface area contributed by atoms with Gasteiger partial charge in [0.25, 0.3) is 0 Å². The molecule has 0 aromatic carbocycles. The summed E-state index contributed by atoms with van der Waals surface area (Å²) in [5.41, 5.74) is 0. The molecule has 0 bridgehead atoms. The van der Waals surface area contributed by atoms with Crippen LogP contribution in [0.15, 0.2) is 0 Å². The Morgan fingerprint density at radius 3 is 2.62 bits per heavy atom. The molecular weight excluding hydrogens is 173 g/mol. The van der Waals surface area contributed by atoms with Gasteiger partial charge < -0.3 is 0 Å². The summed E-state index contributed by atoms with van der Waals surface area (Å²) in [4.78, 5) is 11.3. The number of aliphatic carboxylic acids is 1. The van der Waals surface area contributed by atoms with E-state index in [4.69, 9.17) is 10.4 Å². The van der Waals surface area contributed by atoms with E-state index in [0.717, 1.165) is 0 Å². The third kappa shape index (κ3) is 2.62. The summed E-state index contributed by atoms with van der Waals surface area (Å²) in [5, 5.41) is 16.2. The molecule has 0 heterocycles. The molecule has 8 heavy (non-hydrogen) atoms. The Morgan fingerprint density at radius 1 is 2.00 bits per heavy atom. The second-order valence-corrected chi connectivity index (χ2v) is 3.55. The molecule has 0 fully saturated rings. The SMILES string of the molecule is C[C@@H]([Se]C#N)C(=O)O. The number of carboxylic acids is 1. The molecule has 0 rings (SSSR count). The fraction of sp³-hybridized carbons (Fsp3) is 0.500. The predicted molar refractivity (Wildman–Crippen MR) is 28.4 cm³/mol. The van der Waals surface area contributed by atoms with Crippen molar-refractivity contribution in [1.29, 1.82) is 5.26 Å². The number of carbonyl (C=O) groups is 1. The molecular formula is C4H5NO2Se. The summed E-state index contributed by atoms with van der Waals surface area (Å²) < 4.78 is 0. The molecule has 0 saturated carbocycles. The van der Waals surface area contributed by atoms with Gasteiger partial charge in [0.05, 0.1) is 0 Å². The Kier molecular flexibility index (Phi) is 3.25. The summed E-state index contributed by atoms with van der Waals surface area (Å²) in [6, 6.07) is 0. The standard InChI is InChI=1S/C4H5NO2Se/c1-3(4(6)7)8-2-5/h3H,1H3,(H,6,7)/t3-/m1/s1. The zero-order chi connectivity index (χ0) is 6.57. The van der Waals surface area contributed by atoms with E-state index < -0.39 is 25.7 Å². The Labute approximate surface area is 53.5 Å². The van der Waals surface area contributed by atoms with Gasteiger partial charge in [0, 0.05) is 0 Å². The van der Waals surface area contributed by atoms with Gasteiger partial charge in [-0.2, -0.15) is 0 Å². The molecule has 0 amide bonds. The Balaban J connectivity index is 3.52. The second-order valence-electron chi connectivity index (χ2n) is 1.19. The molecule has 0 aliphatic heterocycles. The van der Waals surface area contributed by atoms with E-state index >= 15 is 0 Å². The Bertz CT molecular complexity index is 128. The topological polar surface area (TPSA) is 61.1 Å². The summed E-state index contributed by atoms with van der Waals surface area (Å²) in [6.45, 7) is 1.53. The first-order valence-corrected chi connectivity index (χ1v) is 3.80. The third-order valence-electron chi connectivity index (χ3n) is 0.577. The van der Waals surface area contributed by atoms with Gasteiger partial charge >= 0.3 is 52.8 Å². The Morgan fingerprint density at radius 2 is 2.50 bits per heavy atom. The molecule has 0 aromatic rings. The minimum absolute atomic E-state index is 0.397. The van der Waals surface area contributed by atoms with Gasteiger partial charge in [-0.05, 0) is 0 Å². The zero-order valence-electron chi connectivity index (χ0n) is 4.29. The number of rotatable bonds is 2. The van der Waals surface area contributed by atoms with Crippen LogP contribution >= 0.6 is 0 Å². The first kappa shape index (κ1) is 7.48. The zero-order valence-corrected chi connectivity index (χ0v) is 6.00. The van der Waals surface area contributed by atoms with Gasteiger partial charge in [-0.25, -0.2) is 0 Å². The van der Waals surface area contributed by atoms with E-state index in [1.165, 1.54) is 6.92 Å². The average Bonchev–Trinajstić information content (AvgIpc) is 1.67. The van der Waals surface area contributed by atoms with Crippen LogP contribution in [0.1, 0.15) is 6.92 Å². The number of nitriles is 1. The van der Waals surface area contributed by atoms with Crippen molar-refractivity contribution < 1.29 is 9.90 Å². The number of hydrogen-bond acceptors (Lipinski definition) is 2. The molecule has 0 saturated heterocycles. The second kappa shape index (κ2) is 3.48. The molecule has 0 spiro atoms. The number of nitrogens with zero attached hydrogens (tertiary/aromatic N) is 1. The van der Waals surface area contributed by atoms with Gasteiger partial charge in [0.2, 0.25) is 0 Å². The van der Waals surface area contributed by atoms with E-state index in [1.54, 1.807) is 0 Å². The third-order valence-corrected chi connectivity index (χ3v) is 1.96. The normalized spacial score (nSPS) is 12.0. The van der Waals surface area contributed by atoms with Crippen molar-refractivity contribution in [3.8, 4) is 4.97 Å². The first-order chi connectivity index (χ1) is 3.68. The number of carboxylic acid groups (broad SMARTS) is 1. The predicted octanol–water partition coefficient (Wildman–Crippen LogP) is 0.0647. The fourth-order valence-corrected chi connectivity index (χ4v) is 0.673. The van der Waals surface area contributed by atoms with E-state index in [9.17, 15) is 4.79 Å². The molecule has 3 nitrogen and oxygen atoms in total. The molecule has 0 aromatic heterocycles. The maximum atomic E-state index is 9.95. The van der Waals surface area contributed by atoms with Crippen molar-refractivity contribution in [2.75, 3.05) is 0 Å². The quantitative estimate of drug-likeness (QED) is 0.608. The van der Waals surface area contributed by atoms with Crippen LogP contribution < -0.4 is 0 Å². The summed E-state index contributed by atoms with van der Waals surface area (Å²) >= 11 is -0.397. The molecule has 0 unspecified atom stereocenters. The monoisotopic (exact) mass is 179 g/mol. The van der Waals surface area contributed by atoms with Crippen LogP contribution in [-0.4, -0.2) is 26.0 Å². The summed E-state index contributed by atoms with van der Waals surface area (Å²) in [7, 11) is 0. The van der Waals surface area contributed by atoms with Crippen molar-refractivity contribution in [3.63, 3.8) is 0 Å². The van der Waals surface area contributed by atoms with Crippen molar-refractivity contribution in [1.82, 2.24) is 0 Å². The molecule has 0 aliphatic carbocycles. The number of hydrogen-bond donors (Lipinski definition) is 1. The van der Waals surface area contributed by atoms with Gasteiger partial charge in [0.15, 0.2) is 0 Å². The van der Waals surface area contributed by atoms with Crippen molar-refractivity contribution in [2.45, 2.75) is 11.7 Å². The molecule has 1 N–H and O–H groups in total. The molecule has 44 valence electrons. The van der Waals surface area contributed by atoms with E-state index in [0.29, 0.717) is 0 Å². The Hall–Kier alpha value is -0.521. The molecule has 1 atom stereocenters. The van der Waals surface area contributed by atoms with Gasteiger partial charge in [-0.1, -0.05) is 0 Å².